The van der Waals surface area contributed by atoms with Crippen molar-refractivity contribution in [2.75, 3.05) is 20.5 Å². The van der Waals surface area contributed by atoms with Gasteiger partial charge in [0.1, 0.15) is 11.9 Å². The summed E-state index contributed by atoms with van der Waals surface area (Å²) in [6, 6.07) is 6.63. The van der Waals surface area contributed by atoms with Gasteiger partial charge in [-0.1, -0.05) is 11.8 Å². The van der Waals surface area contributed by atoms with Gasteiger partial charge in [0.2, 0.25) is 5.88 Å². The van der Waals surface area contributed by atoms with Crippen molar-refractivity contribution in [1.29, 1.82) is 0 Å². The van der Waals surface area contributed by atoms with Crippen LogP contribution in [0.3, 0.4) is 0 Å². The van der Waals surface area contributed by atoms with E-state index < -0.39 is 41.8 Å². The first-order valence-corrected chi connectivity index (χ1v) is 15.5. The lowest BCUT2D eigenvalue weighted by molar-refractivity contribution is -0.137. The standard InChI is InChI=1S/C33H30F4N4O5S/c1-16-7-20(30(42)45-5)8-17(2)27(16)21-11-24(29(44-4)38-13-21)25-14-39-31(47-6)40-26(25)15-41-18(3)28(46-32(41)43)19-9-22(33(35,36)37)12-23(34)10-19/h7-14,18,28H,15H2,1-6H3. The summed E-state index contributed by atoms with van der Waals surface area (Å²) in [4.78, 5) is 40.3. The van der Waals surface area contributed by atoms with Crippen LogP contribution in [0.25, 0.3) is 22.3 Å². The maximum atomic E-state index is 14.2. The molecule has 1 aliphatic heterocycles. The number of rotatable bonds is 8. The molecule has 14 heteroatoms. The van der Waals surface area contributed by atoms with Gasteiger partial charge in [0.05, 0.1) is 43.6 Å². The first kappa shape index (κ1) is 33.6. The minimum atomic E-state index is -4.78. The highest BCUT2D eigenvalue weighted by Gasteiger charge is 2.42. The Morgan fingerprint density at radius 1 is 1.02 bits per heavy atom. The Labute approximate surface area is 272 Å². The van der Waals surface area contributed by atoms with Gasteiger partial charge >= 0.3 is 18.2 Å². The highest BCUT2D eigenvalue weighted by molar-refractivity contribution is 7.98. The van der Waals surface area contributed by atoms with E-state index in [9.17, 15) is 27.2 Å². The van der Waals surface area contributed by atoms with Gasteiger partial charge in [-0.2, -0.15) is 13.2 Å². The van der Waals surface area contributed by atoms with Crippen LogP contribution in [0.1, 0.15) is 51.3 Å². The van der Waals surface area contributed by atoms with Gasteiger partial charge in [-0.15, -0.1) is 0 Å². The number of cyclic esters (lactones) is 1. The molecule has 2 atom stereocenters. The maximum absolute atomic E-state index is 14.2. The van der Waals surface area contributed by atoms with Crippen LogP contribution in [-0.2, 0) is 22.2 Å². The lowest BCUT2D eigenvalue weighted by atomic mass is 9.92. The van der Waals surface area contributed by atoms with Gasteiger partial charge in [0.25, 0.3) is 0 Å². The van der Waals surface area contributed by atoms with Crippen LogP contribution in [0.15, 0.2) is 53.9 Å². The van der Waals surface area contributed by atoms with E-state index in [4.69, 9.17) is 14.2 Å². The summed E-state index contributed by atoms with van der Waals surface area (Å²) in [7, 11) is 2.78. The molecule has 47 heavy (non-hydrogen) atoms. The molecule has 2 unspecified atom stereocenters. The largest absolute Gasteiger partial charge is 0.481 e. The molecule has 1 aliphatic rings. The Balaban J connectivity index is 1.55. The first-order valence-electron chi connectivity index (χ1n) is 14.2. The molecule has 5 rings (SSSR count). The summed E-state index contributed by atoms with van der Waals surface area (Å²) in [5.74, 6) is -1.29. The third-order valence-corrected chi connectivity index (χ3v) is 8.46. The molecule has 0 spiro atoms. The normalized spacial score (nSPS) is 16.3. The van der Waals surface area contributed by atoms with E-state index in [0.29, 0.717) is 39.2 Å². The fourth-order valence-electron chi connectivity index (χ4n) is 5.70. The minimum absolute atomic E-state index is 0.109. The van der Waals surface area contributed by atoms with Crippen LogP contribution in [0.2, 0.25) is 0 Å². The second-order valence-electron chi connectivity index (χ2n) is 10.9. The van der Waals surface area contributed by atoms with E-state index in [1.54, 1.807) is 37.7 Å². The lowest BCUT2D eigenvalue weighted by Gasteiger charge is -2.23. The number of hydrogen-bond donors (Lipinski definition) is 0. The van der Waals surface area contributed by atoms with Gasteiger partial charge in [0.15, 0.2) is 5.16 Å². The maximum Gasteiger partial charge on any atom is 0.416 e. The molecule has 0 bridgehead atoms. The number of pyridine rings is 1. The summed E-state index contributed by atoms with van der Waals surface area (Å²) >= 11 is 1.28. The van der Waals surface area contributed by atoms with E-state index in [1.807, 2.05) is 19.9 Å². The van der Waals surface area contributed by atoms with Crippen LogP contribution in [-0.4, -0.2) is 58.4 Å². The second-order valence-corrected chi connectivity index (χ2v) is 11.7. The summed E-state index contributed by atoms with van der Waals surface area (Å²) in [5, 5.41) is 0.411. The Kier molecular flexibility index (Phi) is 9.43. The van der Waals surface area contributed by atoms with Crippen molar-refractivity contribution in [3.05, 3.63) is 88.1 Å². The van der Waals surface area contributed by atoms with E-state index in [1.165, 1.54) is 30.9 Å². The molecule has 2 aromatic heterocycles. The number of halogens is 4. The monoisotopic (exact) mass is 670 g/mol. The minimum Gasteiger partial charge on any atom is -0.481 e. The predicted octanol–water partition coefficient (Wildman–Crippen LogP) is 7.58. The smallest absolute Gasteiger partial charge is 0.416 e. The number of esters is 1. The number of hydrogen-bond acceptors (Lipinski definition) is 9. The molecule has 0 aliphatic carbocycles. The van der Waals surface area contributed by atoms with E-state index >= 15 is 0 Å². The van der Waals surface area contributed by atoms with E-state index in [2.05, 4.69) is 15.0 Å². The molecule has 4 aromatic rings. The number of thioether (sulfide) groups is 1. The van der Waals surface area contributed by atoms with Crippen LogP contribution in [0.4, 0.5) is 22.4 Å². The quantitative estimate of drug-likeness (QED) is 0.0812. The van der Waals surface area contributed by atoms with Crippen molar-refractivity contribution >= 4 is 23.8 Å². The summed E-state index contributed by atoms with van der Waals surface area (Å²) in [6.07, 6.45) is -1.73. The number of carbonyl (C=O) groups excluding carboxylic acids is 2. The summed E-state index contributed by atoms with van der Waals surface area (Å²) < 4.78 is 70.5. The fraction of sp³-hybridized carbons (Fsp3) is 0.303. The molecule has 3 heterocycles. The van der Waals surface area contributed by atoms with Gasteiger partial charge in [-0.3, -0.25) is 4.90 Å². The molecule has 246 valence electrons. The van der Waals surface area contributed by atoms with Crippen molar-refractivity contribution in [1.82, 2.24) is 19.9 Å². The first-order chi connectivity index (χ1) is 22.2. The zero-order valence-corrected chi connectivity index (χ0v) is 27.0. The molecule has 9 nitrogen and oxygen atoms in total. The van der Waals surface area contributed by atoms with Crippen molar-refractivity contribution in [3.8, 4) is 28.1 Å². The zero-order chi connectivity index (χ0) is 34.2. The molecule has 0 N–H and O–H groups in total. The number of nitrogens with zero attached hydrogens (tertiary/aromatic N) is 4. The molecular formula is C33H30F4N4O5S. The number of amides is 1. The van der Waals surface area contributed by atoms with Crippen LogP contribution < -0.4 is 4.74 Å². The number of alkyl halides is 3. The number of benzene rings is 2. The van der Waals surface area contributed by atoms with Crippen LogP contribution in [0.5, 0.6) is 5.88 Å². The highest BCUT2D eigenvalue weighted by atomic mass is 32.2. The molecule has 0 radical (unpaired) electrons. The van der Waals surface area contributed by atoms with Crippen LogP contribution >= 0.6 is 11.8 Å². The average molecular weight is 671 g/mol. The topological polar surface area (TPSA) is 104 Å². The van der Waals surface area contributed by atoms with Crippen molar-refractivity contribution < 1.29 is 41.4 Å². The molecule has 1 amide bonds. The Morgan fingerprint density at radius 2 is 1.72 bits per heavy atom. The Bertz CT molecular complexity index is 1850. The SMILES string of the molecule is COC(=O)c1cc(C)c(-c2cnc(OC)c(-c3cnc(SC)nc3CN3C(=O)OC(c4cc(F)cc(C(F)(F)F)c4)C3C)c2)c(C)c1. The van der Waals surface area contributed by atoms with Gasteiger partial charge in [-0.05, 0) is 85.7 Å². The number of aryl methyl sites for hydroxylation is 2. The van der Waals surface area contributed by atoms with Gasteiger partial charge < -0.3 is 14.2 Å². The van der Waals surface area contributed by atoms with E-state index in [0.717, 1.165) is 28.8 Å². The average Bonchev–Trinajstić information content (AvgIpc) is 3.31. The predicted molar refractivity (Wildman–Crippen MR) is 165 cm³/mol. The Hall–Kier alpha value is -4.72. The molecule has 0 saturated carbocycles. The molecular weight excluding hydrogens is 640 g/mol. The second kappa shape index (κ2) is 13.2. The fourth-order valence-corrected chi connectivity index (χ4v) is 6.06. The third-order valence-electron chi connectivity index (χ3n) is 7.89. The number of ether oxygens (including phenoxy) is 3. The Morgan fingerprint density at radius 3 is 2.34 bits per heavy atom. The van der Waals surface area contributed by atoms with E-state index in [-0.39, 0.29) is 18.0 Å². The van der Waals surface area contributed by atoms with Crippen LogP contribution in [0, 0.1) is 19.7 Å². The van der Waals surface area contributed by atoms with Crippen molar-refractivity contribution in [2.45, 2.75) is 50.8 Å². The summed E-state index contributed by atoms with van der Waals surface area (Å²) in [5.41, 5.74) is 3.69. The van der Waals surface area contributed by atoms with Gasteiger partial charge in [0, 0.05) is 29.1 Å². The van der Waals surface area contributed by atoms with Crippen molar-refractivity contribution in [2.24, 2.45) is 0 Å². The third kappa shape index (κ3) is 6.73. The zero-order valence-electron chi connectivity index (χ0n) is 26.2. The molecule has 1 fully saturated rings. The van der Waals surface area contributed by atoms with Gasteiger partial charge in [-0.25, -0.2) is 28.9 Å². The lowest BCUT2D eigenvalue weighted by Crippen LogP contribution is -2.32. The molecule has 1 saturated heterocycles. The molecule has 2 aromatic carbocycles. The highest BCUT2D eigenvalue weighted by Crippen LogP contribution is 2.40. The number of aromatic nitrogens is 3. The number of methoxy groups -OCH3 is 2. The summed E-state index contributed by atoms with van der Waals surface area (Å²) in [6.45, 7) is 5.24. The van der Waals surface area contributed by atoms with Crippen molar-refractivity contribution in [3.63, 3.8) is 0 Å². The number of carbonyl (C=O) groups is 2.